The number of carbonyl (C=O) groups excluding carboxylic acids is 2. The number of rotatable bonds is 7. The van der Waals surface area contributed by atoms with Crippen molar-refractivity contribution in [1.29, 1.82) is 0 Å². The molecule has 2 aliphatic rings. The van der Waals surface area contributed by atoms with Gasteiger partial charge in [-0.05, 0) is 75.7 Å². The Morgan fingerprint density at radius 1 is 1.15 bits per heavy atom. The smallest absolute Gasteiger partial charge is 0.417 e. The fourth-order valence-corrected chi connectivity index (χ4v) is 5.44. The molecule has 2 saturated heterocycles. The molecule has 1 atom stereocenters. The second kappa shape index (κ2) is 10.8. The molecule has 34 heavy (non-hydrogen) atoms. The van der Waals surface area contributed by atoms with E-state index in [4.69, 9.17) is 9.15 Å². The Hall–Kier alpha value is -2.61. The first-order chi connectivity index (χ1) is 16.4. The molecule has 2 aliphatic heterocycles. The van der Waals surface area contributed by atoms with Gasteiger partial charge in [-0.15, -0.1) is 0 Å². The van der Waals surface area contributed by atoms with Crippen LogP contribution in [0.3, 0.4) is 0 Å². The van der Waals surface area contributed by atoms with Crippen LogP contribution in [0.5, 0.6) is 0 Å². The molecule has 0 aliphatic carbocycles. The van der Waals surface area contributed by atoms with Crippen LogP contribution in [0.25, 0.3) is 11.1 Å². The average Bonchev–Trinajstić information content (AvgIpc) is 3.23. The van der Waals surface area contributed by atoms with E-state index in [9.17, 15) is 14.4 Å². The highest BCUT2D eigenvalue weighted by molar-refractivity contribution is 5.80. The van der Waals surface area contributed by atoms with Gasteiger partial charge >= 0.3 is 11.7 Å². The number of aryl methyl sites for hydroxylation is 1. The van der Waals surface area contributed by atoms with Crippen LogP contribution in [0.15, 0.2) is 21.3 Å². The van der Waals surface area contributed by atoms with Crippen molar-refractivity contribution in [3.05, 3.63) is 33.8 Å². The van der Waals surface area contributed by atoms with E-state index in [1.165, 1.54) is 0 Å². The first-order valence-corrected chi connectivity index (χ1v) is 12.7. The minimum Gasteiger partial charge on any atom is -0.465 e. The summed E-state index contributed by atoms with van der Waals surface area (Å²) < 4.78 is 10.5. The summed E-state index contributed by atoms with van der Waals surface area (Å²) in [6.45, 7) is 9.84. The van der Waals surface area contributed by atoms with Crippen LogP contribution in [-0.2, 0) is 20.7 Å². The number of aromatic amines is 1. The molecule has 0 bridgehead atoms. The molecular weight excluding hydrogens is 434 g/mol. The molecule has 1 amide bonds. The van der Waals surface area contributed by atoms with Crippen LogP contribution in [0.1, 0.15) is 57.1 Å². The number of amides is 1. The number of hydrogen-bond donors (Lipinski definition) is 1. The molecule has 3 heterocycles. The van der Waals surface area contributed by atoms with Crippen molar-refractivity contribution < 1.29 is 18.7 Å². The number of nitrogens with one attached hydrogen (secondary N) is 1. The van der Waals surface area contributed by atoms with Crippen LogP contribution in [0.4, 0.5) is 0 Å². The number of oxazole rings is 1. The number of piperidine rings is 2. The summed E-state index contributed by atoms with van der Waals surface area (Å²) in [6.07, 6.45) is 5.16. The predicted molar refractivity (Wildman–Crippen MR) is 130 cm³/mol. The van der Waals surface area contributed by atoms with Gasteiger partial charge in [0.15, 0.2) is 5.58 Å². The maximum atomic E-state index is 13.1. The Kier molecular flexibility index (Phi) is 7.76. The van der Waals surface area contributed by atoms with Gasteiger partial charge in [0.1, 0.15) is 0 Å². The van der Waals surface area contributed by atoms with Crippen LogP contribution in [0.2, 0.25) is 0 Å². The van der Waals surface area contributed by atoms with Gasteiger partial charge in [0.25, 0.3) is 0 Å². The molecule has 1 aromatic heterocycles. The molecule has 2 fully saturated rings. The molecule has 2 aromatic rings. The number of likely N-dealkylation sites (tertiary alicyclic amines) is 2. The molecule has 1 N–H and O–H groups in total. The summed E-state index contributed by atoms with van der Waals surface area (Å²) in [6, 6.07) is 4.36. The van der Waals surface area contributed by atoms with Gasteiger partial charge in [0.2, 0.25) is 5.91 Å². The fourth-order valence-electron chi connectivity index (χ4n) is 5.44. The van der Waals surface area contributed by atoms with Crippen molar-refractivity contribution in [1.82, 2.24) is 14.8 Å². The molecule has 8 heteroatoms. The number of fused-ring (bicyclic) bond motifs is 1. The largest absolute Gasteiger partial charge is 0.465 e. The highest BCUT2D eigenvalue weighted by atomic mass is 16.5. The molecule has 0 saturated carbocycles. The van der Waals surface area contributed by atoms with Crippen molar-refractivity contribution in [2.75, 3.05) is 32.8 Å². The fraction of sp³-hybridized carbons (Fsp3) is 0.654. The van der Waals surface area contributed by atoms with Crippen LogP contribution >= 0.6 is 0 Å². The van der Waals surface area contributed by atoms with Crippen LogP contribution < -0.4 is 5.76 Å². The van der Waals surface area contributed by atoms with E-state index in [1.807, 2.05) is 37.8 Å². The van der Waals surface area contributed by atoms with Gasteiger partial charge < -0.3 is 19.0 Å². The second-order valence-corrected chi connectivity index (χ2v) is 9.94. The number of carbonyl (C=O) groups is 2. The van der Waals surface area contributed by atoms with E-state index in [2.05, 4.69) is 9.88 Å². The Balaban J connectivity index is 1.25. The number of nitrogens with zero attached hydrogens (tertiary/aromatic N) is 2. The van der Waals surface area contributed by atoms with Crippen molar-refractivity contribution in [2.45, 2.75) is 65.3 Å². The van der Waals surface area contributed by atoms with Crippen molar-refractivity contribution in [3.63, 3.8) is 0 Å². The molecule has 186 valence electrons. The molecule has 0 unspecified atom stereocenters. The molecular formula is C26H37N3O5. The van der Waals surface area contributed by atoms with Gasteiger partial charge in [-0.3, -0.25) is 14.6 Å². The van der Waals surface area contributed by atoms with E-state index in [1.54, 1.807) is 0 Å². The highest BCUT2D eigenvalue weighted by Gasteiger charge is 2.33. The molecule has 1 aromatic carbocycles. The zero-order valence-corrected chi connectivity index (χ0v) is 20.6. The van der Waals surface area contributed by atoms with Gasteiger partial charge in [0.05, 0.1) is 18.0 Å². The van der Waals surface area contributed by atoms with Crippen molar-refractivity contribution >= 4 is 23.0 Å². The maximum Gasteiger partial charge on any atom is 0.417 e. The summed E-state index contributed by atoms with van der Waals surface area (Å²) in [4.78, 5) is 44.0. The van der Waals surface area contributed by atoms with E-state index < -0.39 is 5.76 Å². The lowest BCUT2D eigenvalue weighted by Crippen LogP contribution is -2.50. The topological polar surface area (TPSA) is 95.9 Å². The zero-order valence-electron chi connectivity index (χ0n) is 20.6. The molecule has 4 rings (SSSR count). The maximum absolute atomic E-state index is 13.1. The predicted octanol–water partition coefficient (Wildman–Crippen LogP) is 3.26. The Morgan fingerprint density at radius 3 is 2.53 bits per heavy atom. The van der Waals surface area contributed by atoms with Crippen LogP contribution in [-0.4, -0.2) is 65.5 Å². The standard InChI is InChI=1S/C26H37N3O5/c1-4-13-33-25(31)20-5-9-28(10-6-20)21-7-11-29(12-8-21)24(30)18(3)15-19-14-17(2)23-22(16-19)34-26(32)27-23/h14,16,18,20-21H,4-13,15H2,1-3H3,(H,27,32)/t18-/m1/s1. The Labute approximate surface area is 200 Å². The number of hydrogen-bond acceptors (Lipinski definition) is 6. The monoisotopic (exact) mass is 471 g/mol. The highest BCUT2D eigenvalue weighted by Crippen LogP contribution is 2.26. The summed E-state index contributed by atoms with van der Waals surface area (Å²) in [7, 11) is 0. The molecule has 8 nitrogen and oxygen atoms in total. The summed E-state index contributed by atoms with van der Waals surface area (Å²) in [5.41, 5.74) is 3.21. The summed E-state index contributed by atoms with van der Waals surface area (Å²) in [5, 5.41) is 0. The number of ether oxygens (including phenoxy) is 1. The Morgan fingerprint density at radius 2 is 1.85 bits per heavy atom. The van der Waals surface area contributed by atoms with Gasteiger partial charge in [0, 0.05) is 25.0 Å². The normalized spacial score (nSPS) is 19.4. The SMILES string of the molecule is CCCOC(=O)C1CCN(C2CCN(C(=O)[C@H](C)Cc3cc(C)c4[nH]c(=O)oc4c3)CC2)CC1. The molecule has 0 spiro atoms. The summed E-state index contributed by atoms with van der Waals surface area (Å²) in [5.74, 6) is -0.410. The van der Waals surface area contributed by atoms with Crippen LogP contribution in [0, 0.1) is 18.8 Å². The van der Waals surface area contributed by atoms with Gasteiger partial charge in [-0.2, -0.15) is 0 Å². The van der Waals surface area contributed by atoms with Crippen molar-refractivity contribution in [2.24, 2.45) is 11.8 Å². The van der Waals surface area contributed by atoms with E-state index >= 15 is 0 Å². The van der Waals surface area contributed by atoms with Crippen molar-refractivity contribution in [3.8, 4) is 0 Å². The zero-order chi connectivity index (χ0) is 24.2. The first-order valence-electron chi connectivity index (χ1n) is 12.7. The lowest BCUT2D eigenvalue weighted by atomic mass is 9.92. The number of esters is 1. The van der Waals surface area contributed by atoms with Gasteiger partial charge in [-0.25, -0.2) is 4.79 Å². The van der Waals surface area contributed by atoms with E-state index in [0.717, 1.165) is 74.9 Å². The third kappa shape index (κ3) is 5.54. The van der Waals surface area contributed by atoms with E-state index in [0.29, 0.717) is 24.7 Å². The second-order valence-electron chi connectivity index (χ2n) is 9.94. The molecule has 0 radical (unpaired) electrons. The third-order valence-electron chi connectivity index (χ3n) is 7.36. The minimum absolute atomic E-state index is 0.0347. The number of H-pyrrole nitrogens is 1. The lowest BCUT2D eigenvalue weighted by Gasteiger charge is -2.41. The average molecular weight is 472 g/mol. The van der Waals surface area contributed by atoms with Gasteiger partial charge in [-0.1, -0.05) is 19.9 Å². The third-order valence-corrected chi connectivity index (χ3v) is 7.36. The minimum atomic E-state index is -0.456. The number of benzene rings is 1. The van der Waals surface area contributed by atoms with E-state index in [-0.39, 0.29) is 23.7 Å². The quantitative estimate of drug-likeness (QED) is 0.623. The Bertz CT molecular complexity index is 1060. The first kappa shape index (κ1) is 24.5. The summed E-state index contributed by atoms with van der Waals surface area (Å²) >= 11 is 0. The number of aromatic nitrogens is 1. The lowest BCUT2D eigenvalue weighted by molar-refractivity contribution is -0.150.